The van der Waals surface area contributed by atoms with Crippen molar-refractivity contribution in [1.29, 1.82) is 0 Å². The molecular formula is C25H33N3O3. The fraction of sp³-hybridized carbons (Fsp3) is 0.440. The highest BCUT2D eigenvalue weighted by Crippen LogP contribution is 2.33. The number of ether oxygens (including phenoxy) is 1. The van der Waals surface area contributed by atoms with E-state index in [4.69, 9.17) is 4.74 Å². The smallest absolute Gasteiger partial charge is 0.263 e. The zero-order valence-electron chi connectivity index (χ0n) is 19.1. The Morgan fingerprint density at radius 3 is 2.39 bits per heavy atom. The Labute approximate surface area is 185 Å². The van der Waals surface area contributed by atoms with Gasteiger partial charge in [-0.05, 0) is 56.9 Å². The first-order chi connectivity index (χ1) is 14.8. The lowest BCUT2D eigenvalue weighted by molar-refractivity contribution is -0.129. The summed E-state index contributed by atoms with van der Waals surface area (Å²) in [6, 6.07) is 11.8. The zero-order valence-corrected chi connectivity index (χ0v) is 19.1. The van der Waals surface area contributed by atoms with Gasteiger partial charge in [-0.15, -0.1) is 0 Å². The maximum Gasteiger partial charge on any atom is 0.263 e. The number of carbonyl (C=O) groups excluding carboxylic acids is 2. The highest BCUT2D eigenvalue weighted by Gasteiger charge is 2.32. The number of nitrogens with one attached hydrogen (secondary N) is 2. The van der Waals surface area contributed by atoms with E-state index >= 15 is 0 Å². The summed E-state index contributed by atoms with van der Waals surface area (Å²) in [5.74, 6) is 0.360. The highest BCUT2D eigenvalue weighted by atomic mass is 16.5. The third-order valence-corrected chi connectivity index (χ3v) is 5.76. The second kappa shape index (κ2) is 9.86. The van der Waals surface area contributed by atoms with E-state index in [1.807, 2.05) is 49.9 Å². The fourth-order valence-corrected chi connectivity index (χ4v) is 4.11. The molecule has 6 nitrogen and oxygen atoms in total. The van der Waals surface area contributed by atoms with E-state index in [0.717, 1.165) is 35.3 Å². The summed E-state index contributed by atoms with van der Waals surface area (Å²) < 4.78 is 5.98. The van der Waals surface area contributed by atoms with Gasteiger partial charge in [0.25, 0.3) is 5.91 Å². The van der Waals surface area contributed by atoms with E-state index in [1.165, 1.54) is 5.56 Å². The normalized spacial score (nSPS) is 15.3. The standard InChI is InChI=1S/C25H33N3O3/c1-6-19(7-2)26-25(30)22-14-28(20-10-8-9-11-21(20)31-22)15-23(29)27-24-17(4)12-16(3)13-18(24)5/h8-13,19,22H,6-7,14-15H2,1-5H3,(H,26,30)(H,27,29). The molecule has 0 aliphatic carbocycles. The number of rotatable bonds is 7. The van der Waals surface area contributed by atoms with E-state index in [-0.39, 0.29) is 24.4 Å². The first kappa shape index (κ1) is 22.7. The minimum absolute atomic E-state index is 0.120. The summed E-state index contributed by atoms with van der Waals surface area (Å²) in [4.78, 5) is 27.7. The van der Waals surface area contributed by atoms with Gasteiger partial charge in [0.15, 0.2) is 6.10 Å². The number of carbonyl (C=O) groups is 2. The molecule has 1 aliphatic heterocycles. The summed E-state index contributed by atoms with van der Waals surface area (Å²) in [6.07, 6.45) is 1.07. The van der Waals surface area contributed by atoms with Crippen molar-refractivity contribution in [2.45, 2.75) is 59.6 Å². The zero-order chi connectivity index (χ0) is 22.5. The summed E-state index contributed by atoms with van der Waals surface area (Å²) in [7, 11) is 0. The summed E-state index contributed by atoms with van der Waals surface area (Å²) in [6.45, 7) is 10.6. The van der Waals surface area contributed by atoms with Gasteiger partial charge in [0.05, 0.1) is 18.8 Å². The largest absolute Gasteiger partial charge is 0.477 e. The van der Waals surface area contributed by atoms with Crippen LogP contribution in [0.15, 0.2) is 36.4 Å². The molecule has 2 amide bonds. The number of aryl methyl sites for hydroxylation is 3. The van der Waals surface area contributed by atoms with Crippen molar-refractivity contribution < 1.29 is 14.3 Å². The first-order valence-electron chi connectivity index (χ1n) is 11.0. The van der Waals surface area contributed by atoms with Gasteiger partial charge in [-0.1, -0.05) is 43.7 Å². The van der Waals surface area contributed by atoms with Crippen LogP contribution in [0, 0.1) is 20.8 Å². The molecule has 0 radical (unpaired) electrons. The van der Waals surface area contributed by atoms with E-state index in [9.17, 15) is 9.59 Å². The molecule has 0 saturated heterocycles. The molecule has 166 valence electrons. The molecule has 0 saturated carbocycles. The molecule has 0 aromatic heterocycles. The van der Waals surface area contributed by atoms with Crippen molar-refractivity contribution in [3.8, 4) is 5.75 Å². The Balaban J connectivity index is 1.76. The van der Waals surface area contributed by atoms with Gasteiger partial charge < -0.3 is 20.3 Å². The third kappa shape index (κ3) is 5.37. The number of hydrogen-bond acceptors (Lipinski definition) is 4. The lowest BCUT2D eigenvalue weighted by Gasteiger charge is -2.35. The summed E-state index contributed by atoms with van der Waals surface area (Å²) in [5, 5.41) is 6.12. The average Bonchev–Trinajstić information content (AvgIpc) is 2.74. The molecule has 1 aliphatic rings. The van der Waals surface area contributed by atoms with Crippen LogP contribution in [-0.4, -0.2) is 37.0 Å². The summed E-state index contributed by atoms with van der Waals surface area (Å²) in [5.41, 5.74) is 4.91. The number of hydrogen-bond donors (Lipinski definition) is 2. The van der Waals surface area contributed by atoms with Crippen LogP contribution in [0.1, 0.15) is 43.4 Å². The second-order valence-electron chi connectivity index (χ2n) is 8.30. The van der Waals surface area contributed by atoms with Crippen molar-refractivity contribution in [1.82, 2.24) is 5.32 Å². The molecule has 2 aromatic rings. The van der Waals surface area contributed by atoms with Crippen molar-refractivity contribution >= 4 is 23.2 Å². The van der Waals surface area contributed by atoms with Gasteiger partial charge in [-0.25, -0.2) is 0 Å². The Kier molecular flexibility index (Phi) is 7.21. The van der Waals surface area contributed by atoms with Gasteiger partial charge in [-0.3, -0.25) is 9.59 Å². The van der Waals surface area contributed by atoms with Crippen molar-refractivity contribution in [3.05, 3.63) is 53.1 Å². The minimum Gasteiger partial charge on any atom is -0.477 e. The first-order valence-corrected chi connectivity index (χ1v) is 11.0. The molecule has 0 spiro atoms. The number of amides is 2. The predicted octanol–water partition coefficient (Wildman–Crippen LogP) is 4.12. The molecule has 0 bridgehead atoms. The molecule has 31 heavy (non-hydrogen) atoms. The van der Waals surface area contributed by atoms with Gasteiger partial charge >= 0.3 is 0 Å². The molecule has 6 heteroatoms. The fourth-order valence-electron chi connectivity index (χ4n) is 4.11. The molecule has 1 heterocycles. The Hall–Kier alpha value is -3.02. The van der Waals surface area contributed by atoms with Gasteiger partial charge in [-0.2, -0.15) is 0 Å². The number of para-hydroxylation sites is 2. The van der Waals surface area contributed by atoms with Crippen molar-refractivity contribution in [2.75, 3.05) is 23.3 Å². The maximum absolute atomic E-state index is 12.9. The van der Waals surface area contributed by atoms with Crippen LogP contribution in [-0.2, 0) is 9.59 Å². The molecule has 1 unspecified atom stereocenters. The van der Waals surface area contributed by atoms with E-state index in [1.54, 1.807) is 0 Å². The Bertz CT molecular complexity index is 930. The van der Waals surface area contributed by atoms with Crippen LogP contribution in [0.4, 0.5) is 11.4 Å². The Morgan fingerprint density at radius 1 is 1.10 bits per heavy atom. The molecule has 0 fully saturated rings. The quantitative estimate of drug-likeness (QED) is 0.703. The number of nitrogens with zero attached hydrogens (tertiary/aromatic N) is 1. The van der Waals surface area contributed by atoms with E-state index < -0.39 is 6.10 Å². The van der Waals surface area contributed by atoms with Gasteiger partial charge in [0, 0.05) is 11.7 Å². The maximum atomic E-state index is 12.9. The monoisotopic (exact) mass is 423 g/mol. The number of anilines is 2. The van der Waals surface area contributed by atoms with Gasteiger partial charge in [0.1, 0.15) is 5.75 Å². The molecule has 3 rings (SSSR count). The second-order valence-corrected chi connectivity index (χ2v) is 8.30. The minimum atomic E-state index is -0.661. The van der Waals surface area contributed by atoms with E-state index in [2.05, 4.69) is 36.6 Å². The SMILES string of the molecule is CCC(CC)NC(=O)C1CN(CC(=O)Nc2c(C)cc(C)cc2C)c2ccccc2O1. The molecule has 2 aromatic carbocycles. The molecule has 2 N–H and O–H groups in total. The highest BCUT2D eigenvalue weighted by molar-refractivity contribution is 5.96. The van der Waals surface area contributed by atoms with Gasteiger partial charge in [0.2, 0.25) is 5.91 Å². The predicted molar refractivity (Wildman–Crippen MR) is 125 cm³/mol. The van der Waals surface area contributed by atoms with Crippen LogP contribution in [0.25, 0.3) is 0 Å². The number of fused-ring (bicyclic) bond motifs is 1. The summed E-state index contributed by atoms with van der Waals surface area (Å²) >= 11 is 0. The molecule has 1 atom stereocenters. The van der Waals surface area contributed by atoms with Crippen LogP contribution < -0.4 is 20.3 Å². The number of benzene rings is 2. The Morgan fingerprint density at radius 2 is 1.74 bits per heavy atom. The third-order valence-electron chi connectivity index (χ3n) is 5.76. The van der Waals surface area contributed by atoms with Crippen molar-refractivity contribution in [2.24, 2.45) is 0 Å². The lowest BCUT2D eigenvalue weighted by atomic mass is 10.1. The van der Waals surface area contributed by atoms with Crippen LogP contribution in [0.2, 0.25) is 0 Å². The lowest BCUT2D eigenvalue weighted by Crippen LogP contribution is -2.52. The van der Waals surface area contributed by atoms with E-state index in [0.29, 0.717) is 12.3 Å². The van der Waals surface area contributed by atoms with Crippen molar-refractivity contribution in [3.63, 3.8) is 0 Å². The van der Waals surface area contributed by atoms with Crippen LogP contribution in [0.3, 0.4) is 0 Å². The topological polar surface area (TPSA) is 70.7 Å². The average molecular weight is 424 g/mol. The molecular weight excluding hydrogens is 390 g/mol. The van der Waals surface area contributed by atoms with Crippen LogP contribution >= 0.6 is 0 Å². The van der Waals surface area contributed by atoms with Crippen LogP contribution in [0.5, 0.6) is 5.75 Å².